The van der Waals surface area contributed by atoms with Crippen LogP contribution in [0.2, 0.25) is 0 Å². The van der Waals surface area contributed by atoms with Crippen LogP contribution in [0.25, 0.3) is 0 Å². The van der Waals surface area contributed by atoms with Crippen LogP contribution in [0.5, 0.6) is 0 Å². The van der Waals surface area contributed by atoms with Gasteiger partial charge in [-0.3, -0.25) is 14.9 Å². The summed E-state index contributed by atoms with van der Waals surface area (Å²) in [6.07, 6.45) is -1.64. The van der Waals surface area contributed by atoms with Crippen molar-refractivity contribution in [2.45, 2.75) is 18.6 Å². The smallest absolute Gasteiger partial charge is 0.309 e. The van der Waals surface area contributed by atoms with Crippen molar-refractivity contribution in [2.24, 2.45) is 0 Å². The fourth-order valence-electron chi connectivity index (χ4n) is 1.62. The fraction of sp³-hybridized carbons (Fsp3) is 0.300. The van der Waals surface area contributed by atoms with Gasteiger partial charge in [-0.1, -0.05) is 0 Å². The third-order valence-electron chi connectivity index (χ3n) is 2.42. The number of benzene rings is 1. The number of carbonyl (C=O) groups is 1. The fourth-order valence-corrected chi connectivity index (χ4v) is 1.62. The first-order valence-corrected chi connectivity index (χ1v) is 4.70. The Bertz CT molecular complexity index is 427. The van der Waals surface area contributed by atoms with Crippen LogP contribution < -0.4 is 0 Å². The van der Waals surface area contributed by atoms with Gasteiger partial charge >= 0.3 is 5.97 Å². The summed E-state index contributed by atoms with van der Waals surface area (Å²) in [5.41, 5.74) is 0.520. The third-order valence-corrected chi connectivity index (χ3v) is 2.42. The summed E-state index contributed by atoms with van der Waals surface area (Å²) in [4.78, 5) is 20.8. The van der Waals surface area contributed by atoms with E-state index in [1.54, 1.807) is 0 Å². The number of non-ortho nitro benzene ring substituents is 1. The molecule has 0 unspecified atom stereocenters. The molecule has 0 aliphatic carbocycles. The summed E-state index contributed by atoms with van der Waals surface area (Å²) >= 11 is 0. The number of nitro benzene ring substituents is 1. The lowest BCUT2D eigenvalue weighted by Crippen LogP contribution is -2.11. The van der Waals surface area contributed by atoms with Gasteiger partial charge in [0.1, 0.15) is 6.10 Å². The Hall–Kier alpha value is -1.95. The minimum Gasteiger partial charge on any atom is -0.455 e. The van der Waals surface area contributed by atoms with E-state index in [1.165, 1.54) is 24.3 Å². The van der Waals surface area contributed by atoms with Gasteiger partial charge in [0.25, 0.3) is 5.69 Å². The van der Waals surface area contributed by atoms with E-state index in [1.807, 2.05) is 0 Å². The zero-order chi connectivity index (χ0) is 11.7. The van der Waals surface area contributed by atoms with Gasteiger partial charge in [-0.2, -0.15) is 0 Å². The molecular weight excluding hydrogens is 214 g/mol. The van der Waals surface area contributed by atoms with E-state index in [0.29, 0.717) is 5.56 Å². The number of hydrogen-bond donors (Lipinski definition) is 1. The highest BCUT2D eigenvalue weighted by atomic mass is 16.6. The Morgan fingerprint density at radius 1 is 1.38 bits per heavy atom. The van der Waals surface area contributed by atoms with Crippen LogP contribution >= 0.6 is 0 Å². The summed E-state index contributed by atoms with van der Waals surface area (Å²) in [6.45, 7) is 0. The topological polar surface area (TPSA) is 89.7 Å². The van der Waals surface area contributed by atoms with Crippen molar-refractivity contribution in [3.8, 4) is 0 Å². The normalized spacial score (nSPS) is 24.2. The quantitative estimate of drug-likeness (QED) is 0.458. The summed E-state index contributed by atoms with van der Waals surface area (Å²) in [6, 6.07) is 5.58. The van der Waals surface area contributed by atoms with E-state index >= 15 is 0 Å². The van der Waals surface area contributed by atoms with E-state index in [-0.39, 0.29) is 12.1 Å². The number of nitrogens with zero attached hydrogens (tertiary/aromatic N) is 1. The summed E-state index contributed by atoms with van der Waals surface area (Å²) in [7, 11) is 0. The molecule has 6 nitrogen and oxygen atoms in total. The van der Waals surface area contributed by atoms with Gasteiger partial charge in [0.05, 0.1) is 11.3 Å². The lowest BCUT2D eigenvalue weighted by molar-refractivity contribution is -0.384. The lowest BCUT2D eigenvalue weighted by atomic mass is 10.0. The van der Waals surface area contributed by atoms with Crippen molar-refractivity contribution in [2.75, 3.05) is 0 Å². The van der Waals surface area contributed by atoms with E-state index in [4.69, 9.17) is 4.74 Å². The van der Waals surface area contributed by atoms with Crippen molar-refractivity contribution in [1.82, 2.24) is 0 Å². The number of aliphatic hydroxyl groups excluding tert-OH is 1. The number of cyclic esters (lactones) is 1. The van der Waals surface area contributed by atoms with Gasteiger partial charge in [-0.15, -0.1) is 0 Å². The van der Waals surface area contributed by atoms with E-state index in [2.05, 4.69) is 0 Å². The van der Waals surface area contributed by atoms with Crippen LogP contribution in [0.15, 0.2) is 24.3 Å². The van der Waals surface area contributed by atoms with Gasteiger partial charge in [-0.25, -0.2) is 0 Å². The monoisotopic (exact) mass is 223 g/mol. The number of nitro groups is 1. The van der Waals surface area contributed by atoms with Crippen LogP contribution in [0.1, 0.15) is 18.1 Å². The number of ether oxygens (including phenoxy) is 1. The zero-order valence-corrected chi connectivity index (χ0v) is 8.20. The van der Waals surface area contributed by atoms with E-state index in [9.17, 15) is 20.0 Å². The van der Waals surface area contributed by atoms with Crippen molar-refractivity contribution in [1.29, 1.82) is 0 Å². The van der Waals surface area contributed by atoms with Crippen LogP contribution in [0, 0.1) is 10.1 Å². The van der Waals surface area contributed by atoms with Crippen LogP contribution in [0.3, 0.4) is 0 Å². The molecule has 1 fully saturated rings. The molecule has 2 atom stereocenters. The molecule has 0 saturated carbocycles. The molecule has 0 amide bonds. The van der Waals surface area contributed by atoms with Gasteiger partial charge in [0.2, 0.25) is 0 Å². The van der Waals surface area contributed by atoms with E-state index in [0.717, 1.165) is 0 Å². The Kier molecular flexibility index (Phi) is 2.57. The Balaban J connectivity index is 2.22. The molecule has 1 saturated heterocycles. The van der Waals surface area contributed by atoms with Crippen LogP contribution in [0.4, 0.5) is 5.69 Å². The lowest BCUT2D eigenvalue weighted by Gasteiger charge is -2.12. The second-order valence-corrected chi connectivity index (χ2v) is 3.53. The number of esters is 1. The summed E-state index contributed by atoms with van der Waals surface area (Å²) < 4.78 is 4.90. The van der Waals surface area contributed by atoms with Crippen LogP contribution in [-0.4, -0.2) is 22.1 Å². The zero-order valence-electron chi connectivity index (χ0n) is 8.20. The predicted octanol–water partition coefficient (Wildman–Crippen LogP) is 0.944. The molecule has 1 aliphatic heterocycles. The maximum atomic E-state index is 10.9. The Labute approximate surface area is 90.6 Å². The number of carbonyl (C=O) groups excluding carboxylic acids is 1. The number of aliphatic hydroxyl groups is 1. The predicted molar refractivity (Wildman–Crippen MR) is 52.6 cm³/mol. The van der Waals surface area contributed by atoms with Gasteiger partial charge in [0.15, 0.2) is 6.10 Å². The minimum atomic E-state index is -0.881. The molecule has 0 bridgehead atoms. The highest BCUT2D eigenvalue weighted by molar-refractivity contribution is 5.72. The highest BCUT2D eigenvalue weighted by Crippen LogP contribution is 2.30. The molecule has 1 heterocycles. The second-order valence-electron chi connectivity index (χ2n) is 3.53. The molecule has 1 aliphatic rings. The molecule has 0 radical (unpaired) electrons. The second kappa shape index (κ2) is 3.90. The van der Waals surface area contributed by atoms with Crippen molar-refractivity contribution in [3.63, 3.8) is 0 Å². The first kappa shape index (κ1) is 10.6. The van der Waals surface area contributed by atoms with Crippen molar-refractivity contribution >= 4 is 11.7 Å². The maximum absolute atomic E-state index is 10.9. The summed E-state index contributed by atoms with van der Waals surface area (Å²) in [5, 5.41) is 19.9. The Morgan fingerprint density at radius 2 is 2.00 bits per heavy atom. The largest absolute Gasteiger partial charge is 0.455 e. The van der Waals surface area contributed by atoms with Gasteiger partial charge in [0, 0.05) is 12.1 Å². The SMILES string of the molecule is O=C1C[C@H](O)[C@H](c2ccc([N+](=O)[O-])cc2)O1. The average Bonchev–Trinajstić information content (AvgIpc) is 2.58. The van der Waals surface area contributed by atoms with Gasteiger partial charge in [-0.05, 0) is 17.7 Å². The molecule has 6 heteroatoms. The van der Waals surface area contributed by atoms with E-state index < -0.39 is 23.1 Å². The third kappa shape index (κ3) is 1.87. The van der Waals surface area contributed by atoms with Crippen LogP contribution in [-0.2, 0) is 9.53 Å². The average molecular weight is 223 g/mol. The highest BCUT2D eigenvalue weighted by Gasteiger charge is 2.34. The molecule has 1 aromatic carbocycles. The molecule has 1 N–H and O–H groups in total. The standard InChI is InChI=1S/C10H9NO5/c12-8-5-9(13)16-10(8)6-1-3-7(4-2-6)11(14)15/h1-4,8,10,12H,5H2/t8-,10-/m0/s1. The van der Waals surface area contributed by atoms with Gasteiger partial charge < -0.3 is 9.84 Å². The van der Waals surface area contributed by atoms with Crippen molar-refractivity contribution < 1.29 is 19.6 Å². The molecule has 84 valence electrons. The molecule has 1 aromatic rings. The number of hydrogen-bond acceptors (Lipinski definition) is 5. The summed E-state index contributed by atoms with van der Waals surface area (Å²) in [5.74, 6) is -0.462. The van der Waals surface area contributed by atoms with Crippen molar-refractivity contribution in [3.05, 3.63) is 39.9 Å². The maximum Gasteiger partial charge on any atom is 0.309 e. The number of rotatable bonds is 2. The molecule has 16 heavy (non-hydrogen) atoms. The molecular formula is C10H9NO5. The first-order valence-electron chi connectivity index (χ1n) is 4.70. The minimum absolute atomic E-state index is 0.0393. The molecule has 0 aromatic heterocycles. The molecule has 0 spiro atoms. The molecule has 2 rings (SSSR count). The first-order chi connectivity index (χ1) is 7.58. The Morgan fingerprint density at radius 3 is 2.44 bits per heavy atom.